The van der Waals surface area contributed by atoms with Crippen LogP contribution in [0.15, 0.2) is 58.3 Å². The van der Waals surface area contributed by atoms with Crippen molar-refractivity contribution < 1.29 is 14.0 Å². The summed E-state index contributed by atoms with van der Waals surface area (Å²) in [4.78, 5) is 27.4. The van der Waals surface area contributed by atoms with Gasteiger partial charge in [-0.2, -0.15) is 0 Å². The quantitative estimate of drug-likeness (QED) is 0.558. The van der Waals surface area contributed by atoms with Gasteiger partial charge in [-0.1, -0.05) is 17.7 Å². The molecule has 1 aromatic carbocycles. The molecule has 1 saturated heterocycles. The Labute approximate surface area is 190 Å². The number of piperidine rings is 1. The molecule has 0 bridgehead atoms. The molecule has 0 atom stereocenters. The molecule has 1 aliphatic rings. The molecule has 0 saturated carbocycles. The lowest BCUT2D eigenvalue weighted by atomic mass is 10.0. The van der Waals surface area contributed by atoms with E-state index in [0.29, 0.717) is 23.9 Å². The average Bonchev–Trinajstić information content (AvgIpc) is 3.47. The molecule has 3 aromatic rings. The van der Waals surface area contributed by atoms with E-state index in [-0.39, 0.29) is 17.9 Å². The second-order valence-electron chi connectivity index (χ2n) is 7.55. The molecule has 3 heterocycles. The Balaban J connectivity index is 1.18. The monoisotopic (exact) mass is 457 g/mol. The molecule has 6 nitrogen and oxygen atoms in total. The zero-order valence-corrected chi connectivity index (χ0v) is 18.5. The minimum absolute atomic E-state index is 0.0115. The number of likely N-dealkylation sites (tertiary alicyclic amines) is 1. The van der Waals surface area contributed by atoms with Crippen LogP contribution in [0.2, 0.25) is 5.02 Å². The largest absolute Gasteiger partial charge is 0.459 e. The van der Waals surface area contributed by atoms with E-state index >= 15 is 0 Å². The summed E-state index contributed by atoms with van der Waals surface area (Å²) in [6, 6.07) is 15.1. The molecule has 31 heavy (non-hydrogen) atoms. The van der Waals surface area contributed by atoms with Crippen LogP contribution in [-0.2, 0) is 11.3 Å². The highest BCUT2D eigenvalue weighted by atomic mass is 35.5. The van der Waals surface area contributed by atoms with Gasteiger partial charge in [0.15, 0.2) is 0 Å². The first-order valence-electron chi connectivity index (χ1n) is 10.2. The number of furan rings is 1. The molecule has 0 unspecified atom stereocenters. The third kappa shape index (κ3) is 5.97. The van der Waals surface area contributed by atoms with Gasteiger partial charge in [-0.3, -0.25) is 14.5 Å². The Morgan fingerprint density at radius 1 is 1.10 bits per heavy atom. The van der Waals surface area contributed by atoms with E-state index in [4.69, 9.17) is 16.0 Å². The average molecular weight is 458 g/mol. The van der Waals surface area contributed by atoms with Crippen LogP contribution in [0.25, 0.3) is 11.3 Å². The number of hydrogen-bond donors (Lipinski definition) is 2. The van der Waals surface area contributed by atoms with E-state index < -0.39 is 0 Å². The Kier molecular flexibility index (Phi) is 7.06. The number of benzene rings is 1. The molecular formula is C23H24ClN3O3S. The number of nitrogens with one attached hydrogen (secondary N) is 2. The van der Waals surface area contributed by atoms with Gasteiger partial charge in [-0.25, -0.2) is 0 Å². The number of rotatable bonds is 7. The van der Waals surface area contributed by atoms with Crippen LogP contribution >= 0.6 is 22.9 Å². The lowest BCUT2D eigenvalue weighted by Crippen LogP contribution is -2.47. The van der Waals surface area contributed by atoms with Crippen LogP contribution in [0.5, 0.6) is 0 Å². The van der Waals surface area contributed by atoms with Crippen molar-refractivity contribution in [2.24, 2.45) is 0 Å². The highest BCUT2D eigenvalue weighted by molar-refractivity contribution is 7.12. The van der Waals surface area contributed by atoms with Crippen molar-refractivity contribution in [3.8, 4) is 11.3 Å². The number of halogens is 1. The van der Waals surface area contributed by atoms with E-state index in [0.717, 1.165) is 42.1 Å². The molecule has 162 valence electrons. The SMILES string of the molecule is O=C(CN1CCC(NC(=O)c2cccs2)CC1)NCc1ccc(-c2ccc(Cl)cc2)o1. The van der Waals surface area contributed by atoms with Gasteiger partial charge in [0.1, 0.15) is 11.5 Å². The maximum Gasteiger partial charge on any atom is 0.261 e. The molecule has 1 fully saturated rings. The van der Waals surface area contributed by atoms with E-state index in [9.17, 15) is 9.59 Å². The molecule has 8 heteroatoms. The molecule has 2 amide bonds. The fourth-order valence-corrected chi connectivity index (χ4v) is 4.34. The Morgan fingerprint density at radius 2 is 1.87 bits per heavy atom. The van der Waals surface area contributed by atoms with E-state index in [1.165, 1.54) is 11.3 Å². The normalized spacial score (nSPS) is 15.0. The second-order valence-corrected chi connectivity index (χ2v) is 8.93. The van der Waals surface area contributed by atoms with Gasteiger partial charge < -0.3 is 15.1 Å². The Morgan fingerprint density at radius 3 is 2.58 bits per heavy atom. The third-order valence-electron chi connectivity index (χ3n) is 5.29. The van der Waals surface area contributed by atoms with E-state index in [1.807, 2.05) is 53.9 Å². The lowest BCUT2D eigenvalue weighted by molar-refractivity contribution is -0.122. The summed E-state index contributed by atoms with van der Waals surface area (Å²) in [7, 11) is 0. The summed E-state index contributed by atoms with van der Waals surface area (Å²) in [6.45, 7) is 2.25. The standard InChI is InChI=1S/C23H24ClN3O3S/c24-17-5-3-16(4-6-17)20-8-7-19(30-20)14-25-22(28)15-27-11-9-18(10-12-27)26-23(29)21-2-1-13-31-21/h1-8,13,18H,9-12,14-15H2,(H,25,28)(H,26,29). The summed E-state index contributed by atoms with van der Waals surface area (Å²) in [6.07, 6.45) is 1.68. The fraction of sp³-hybridized carbons (Fsp3) is 0.304. The Bertz CT molecular complexity index is 1010. The van der Waals surface area contributed by atoms with Crippen LogP contribution in [0.4, 0.5) is 0 Å². The fourth-order valence-electron chi connectivity index (χ4n) is 3.59. The summed E-state index contributed by atoms with van der Waals surface area (Å²) in [5.41, 5.74) is 0.941. The zero-order chi connectivity index (χ0) is 21.6. The molecule has 1 aliphatic heterocycles. The van der Waals surface area contributed by atoms with Gasteiger partial charge in [0, 0.05) is 29.7 Å². The van der Waals surface area contributed by atoms with Crippen molar-refractivity contribution in [2.45, 2.75) is 25.4 Å². The first-order valence-corrected chi connectivity index (χ1v) is 11.5. The highest BCUT2D eigenvalue weighted by Crippen LogP contribution is 2.23. The summed E-state index contributed by atoms with van der Waals surface area (Å²) < 4.78 is 5.82. The van der Waals surface area contributed by atoms with Gasteiger partial charge in [-0.15, -0.1) is 11.3 Å². The predicted molar refractivity (Wildman–Crippen MR) is 122 cm³/mol. The topological polar surface area (TPSA) is 74.6 Å². The van der Waals surface area contributed by atoms with Crippen molar-refractivity contribution in [1.29, 1.82) is 0 Å². The molecule has 2 aromatic heterocycles. The minimum atomic E-state index is -0.0366. The lowest BCUT2D eigenvalue weighted by Gasteiger charge is -2.31. The maximum atomic E-state index is 12.3. The molecule has 0 spiro atoms. The van der Waals surface area contributed by atoms with Gasteiger partial charge in [0.05, 0.1) is 18.0 Å². The molecular weight excluding hydrogens is 434 g/mol. The van der Waals surface area contributed by atoms with Crippen LogP contribution in [0.3, 0.4) is 0 Å². The van der Waals surface area contributed by atoms with Gasteiger partial charge in [0.25, 0.3) is 5.91 Å². The van der Waals surface area contributed by atoms with Gasteiger partial charge in [-0.05, 0) is 60.7 Å². The predicted octanol–water partition coefficient (Wildman–Crippen LogP) is 4.17. The van der Waals surface area contributed by atoms with E-state index in [1.54, 1.807) is 0 Å². The second kappa shape index (κ2) is 10.1. The minimum Gasteiger partial charge on any atom is -0.459 e. The first kappa shape index (κ1) is 21.6. The molecule has 0 aliphatic carbocycles. The van der Waals surface area contributed by atoms with Crippen molar-refractivity contribution in [3.63, 3.8) is 0 Å². The smallest absolute Gasteiger partial charge is 0.261 e. The number of nitrogens with zero attached hydrogens (tertiary/aromatic N) is 1. The molecule has 4 rings (SSSR count). The number of hydrogen-bond acceptors (Lipinski definition) is 5. The number of carbonyl (C=O) groups excluding carboxylic acids is 2. The van der Waals surface area contributed by atoms with Crippen LogP contribution < -0.4 is 10.6 Å². The number of amides is 2. The van der Waals surface area contributed by atoms with Crippen molar-refractivity contribution in [3.05, 3.63) is 69.6 Å². The maximum absolute atomic E-state index is 12.3. The van der Waals surface area contributed by atoms with Crippen LogP contribution in [0.1, 0.15) is 28.3 Å². The van der Waals surface area contributed by atoms with Crippen molar-refractivity contribution >= 4 is 34.8 Å². The third-order valence-corrected chi connectivity index (χ3v) is 6.41. The van der Waals surface area contributed by atoms with Gasteiger partial charge >= 0.3 is 0 Å². The first-order chi connectivity index (χ1) is 15.1. The summed E-state index contributed by atoms with van der Waals surface area (Å²) >= 11 is 7.36. The summed E-state index contributed by atoms with van der Waals surface area (Å²) in [5.74, 6) is 1.40. The summed E-state index contributed by atoms with van der Waals surface area (Å²) in [5, 5.41) is 8.58. The van der Waals surface area contributed by atoms with Crippen LogP contribution in [0, 0.1) is 0 Å². The van der Waals surface area contributed by atoms with E-state index in [2.05, 4.69) is 15.5 Å². The number of thiophene rings is 1. The van der Waals surface area contributed by atoms with Crippen LogP contribution in [-0.4, -0.2) is 42.4 Å². The highest BCUT2D eigenvalue weighted by Gasteiger charge is 2.22. The molecule has 0 radical (unpaired) electrons. The number of carbonyl (C=O) groups is 2. The van der Waals surface area contributed by atoms with Gasteiger partial charge in [0.2, 0.25) is 5.91 Å². The van der Waals surface area contributed by atoms with Crippen molar-refractivity contribution in [1.82, 2.24) is 15.5 Å². The Hall–Kier alpha value is -2.61. The zero-order valence-electron chi connectivity index (χ0n) is 17.0. The van der Waals surface area contributed by atoms with Crippen molar-refractivity contribution in [2.75, 3.05) is 19.6 Å². The molecule has 2 N–H and O–H groups in total.